The molecule has 0 atom stereocenters. The Morgan fingerprint density at radius 1 is 1.10 bits per heavy atom. The van der Waals surface area contributed by atoms with E-state index in [0.717, 1.165) is 29.9 Å². The largest absolute Gasteiger partial charge is 0.398 e. The molecular weight excluding hydrogens is 250 g/mol. The summed E-state index contributed by atoms with van der Waals surface area (Å²) in [5.41, 5.74) is 9.89. The van der Waals surface area contributed by atoms with Crippen LogP contribution in [0.5, 0.6) is 0 Å². The van der Waals surface area contributed by atoms with E-state index in [4.69, 9.17) is 5.73 Å². The number of benzene rings is 2. The van der Waals surface area contributed by atoms with Crippen molar-refractivity contribution in [3.05, 3.63) is 59.7 Å². The smallest absolute Gasteiger partial charge is 0.322 e. The van der Waals surface area contributed by atoms with Crippen molar-refractivity contribution in [2.75, 3.05) is 17.6 Å². The average Bonchev–Trinajstić information content (AvgIpc) is 2.48. The third kappa shape index (κ3) is 2.45. The summed E-state index contributed by atoms with van der Waals surface area (Å²) in [6, 6.07) is 15.3. The first-order valence-electron chi connectivity index (χ1n) is 6.71. The normalized spacial score (nSPS) is 13.7. The predicted octanol–water partition coefficient (Wildman–Crippen LogP) is 2.86. The summed E-state index contributed by atoms with van der Waals surface area (Å²) in [6.45, 7) is 1.29. The number of carbonyl (C=O) groups is 1. The number of nitrogens with one attached hydrogen (secondary N) is 1. The second kappa shape index (κ2) is 5.25. The Labute approximate surface area is 118 Å². The molecule has 1 aliphatic rings. The van der Waals surface area contributed by atoms with Crippen molar-refractivity contribution < 1.29 is 4.79 Å². The zero-order valence-electron chi connectivity index (χ0n) is 11.2. The molecule has 0 unspecified atom stereocenters. The molecule has 0 fully saturated rings. The van der Waals surface area contributed by atoms with Crippen molar-refractivity contribution in [3.63, 3.8) is 0 Å². The van der Waals surface area contributed by atoms with Crippen LogP contribution in [0.2, 0.25) is 0 Å². The van der Waals surface area contributed by atoms with Gasteiger partial charge in [-0.1, -0.05) is 30.3 Å². The molecule has 0 aliphatic carbocycles. The van der Waals surface area contributed by atoms with Gasteiger partial charge in [0.2, 0.25) is 0 Å². The Hall–Kier alpha value is -2.49. The maximum Gasteiger partial charge on any atom is 0.322 e. The molecule has 4 nitrogen and oxygen atoms in total. The fourth-order valence-corrected chi connectivity index (χ4v) is 2.50. The molecule has 3 N–H and O–H groups in total. The maximum absolute atomic E-state index is 12.3. The second-order valence-electron chi connectivity index (χ2n) is 4.95. The van der Waals surface area contributed by atoms with Gasteiger partial charge in [0.25, 0.3) is 0 Å². The van der Waals surface area contributed by atoms with Crippen LogP contribution < -0.4 is 11.1 Å². The number of nitrogen functional groups attached to an aromatic ring is 1. The van der Waals surface area contributed by atoms with Crippen molar-refractivity contribution in [3.8, 4) is 0 Å². The van der Waals surface area contributed by atoms with Gasteiger partial charge in [-0.05, 0) is 35.7 Å². The molecule has 3 rings (SSSR count). The highest BCUT2D eigenvalue weighted by Gasteiger charge is 2.21. The SMILES string of the molecule is Nc1cccc2c1CN(C(=O)Nc1ccccc1)CC2. The fourth-order valence-electron chi connectivity index (χ4n) is 2.50. The van der Waals surface area contributed by atoms with Crippen LogP contribution in [0.4, 0.5) is 16.2 Å². The van der Waals surface area contributed by atoms with Gasteiger partial charge in [-0.25, -0.2) is 4.79 Å². The van der Waals surface area contributed by atoms with Crippen LogP contribution in [0.1, 0.15) is 11.1 Å². The number of nitrogens with zero attached hydrogens (tertiary/aromatic N) is 1. The molecule has 4 heteroatoms. The molecule has 0 saturated carbocycles. The summed E-state index contributed by atoms with van der Waals surface area (Å²) in [5, 5.41) is 2.91. The van der Waals surface area contributed by atoms with Gasteiger partial charge in [0, 0.05) is 24.5 Å². The van der Waals surface area contributed by atoms with Crippen molar-refractivity contribution in [2.24, 2.45) is 0 Å². The Balaban J connectivity index is 1.74. The van der Waals surface area contributed by atoms with E-state index in [1.54, 1.807) is 4.90 Å². The van der Waals surface area contributed by atoms with E-state index >= 15 is 0 Å². The third-order valence-corrected chi connectivity index (χ3v) is 3.62. The zero-order chi connectivity index (χ0) is 13.9. The highest BCUT2D eigenvalue weighted by molar-refractivity contribution is 5.89. The van der Waals surface area contributed by atoms with Gasteiger partial charge in [-0.3, -0.25) is 0 Å². The summed E-state index contributed by atoms with van der Waals surface area (Å²) < 4.78 is 0. The Morgan fingerprint density at radius 2 is 1.90 bits per heavy atom. The Morgan fingerprint density at radius 3 is 2.70 bits per heavy atom. The second-order valence-corrected chi connectivity index (χ2v) is 4.95. The van der Waals surface area contributed by atoms with Crippen LogP contribution in [0.25, 0.3) is 0 Å². The number of para-hydroxylation sites is 1. The predicted molar refractivity (Wildman–Crippen MR) is 80.4 cm³/mol. The van der Waals surface area contributed by atoms with Crippen molar-refractivity contribution in [2.45, 2.75) is 13.0 Å². The molecular formula is C16H17N3O. The molecule has 0 radical (unpaired) electrons. The van der Waals surface area contributed by atoms with Crippen LogP contribution in [0, 0.1) is 0 Å². The highest BCUT2D eigenvalue weighted by Crippen LogP contribution is 2.24. The summed E-state index contributed by atoms with van der Waals surface area (Å²) in [7, 11) is 0. The first-order chi connectivity index (χ1) is 9.74. The van der Waals surface area contributed by atoms with Gasteiger partial charge in [-0.15, -0.1) is 0 Å². The number of rotatable bonds is 1. The number of nitrogens with two attached hydrogens (primary N) is 1. The standard InChI is InChI=1S/C16H17N3O/c17-15-8-4-5-12-9-10-19(11-14(12)15)16(20)18-13-6-2-1-3-7-13/h1-8H,9-11,17H2,(H,18,20). The molecule has 0 spiro atoms. The monoisotopic (exact) mass is 267 g/mol. The van der Waals surface area contributed by atoms with E-state index in [1.165, 1.54) is 5.56 Å². The summed E-state index contributed by atoms with van der Waals surface area (Å²) in [5.74, 6) is 0. The fraction of sp³-hybridized carbons (Fsp3) is 0.188. The van der Waals surface area contributed by atoms with Crippen LogP contribution >= 0.6 is 0 Å². The van der Waals surface area contributed by atoms with Crippen molar-refractivity contribution in [1.82, 2.24) is 4.90 Å². The number of urea groups is 1. The molecule has 20 heavy (non-hydrogen) atoms. The molecule has 1 aliphatic heterocycles. The van der Waals surface area contributed by atoms with Crippen LogP contribution in [-0.4, -0.2) is 17.5 Å². The third-order valence-electron chi connectivity index (χ3n) is 3.62. The van der Waals surface area contributed by atoms with Gasteiger partial charge >= 0.3 is 6.03 Å². The van der Waals surface area contributed by atoms with Crippen molar-refractivity contribution >= 4 is 17.4 Å². The zero-order valence-corrected chi connectivity index (χ0v) is 11.2. The average molecular weight is 267 g/mol. The van der Waals surface area contributed by atoms with Gasteiger partial charge in [0.1, 0.15) is 0 Å². The molecule has 2 aromatic carbocycles. The van der Waals surface area contributed by atoms with E-state index in [1.807, 2.05) is 42.5 Å². The van der Waals surface area contributed by atoms with E-state index in [9.17, 15) is 4.79 Å². The van der Waals surface area contributed by atoms with Gasteiger partial charge in [-0.2, -0.15) is 0 Å². The molecule has 0 aromatic heterocycles. The van der Waals surface area contributed by atoms with E-state index in [0.29, 0.717) is 6.54 Å². The minimum absolute atomic E-state index is 0.0786. The number of hydrogen-bond donors (Lipinski definition) is 2. The Kier molecular flexibility index (Phi) is 3.29. The lowest BCUT2D eigenvalue weighted by atomic mass is 9.98. The topological polar surface area (TPSA) is 58.4 Å². The summed E-state index contributed by atoms with van der Waals surface area (Å²) in [6.07, 6.45) is 0.850. The van der Waals surface area contributed by atoms with Gasteiger partial charge in [0.05, 0.1) is 0 Å². The van der Waals surface area contributed by atoms with Crippen LogP contribution in [0.15, 0.2) is 48.5 Å². The summed E-state index contributed by atoms with van der Waals surface area (Å²) in [4.78, 5) is 14.1. The van der Waals surface area contributed by atoms with E-state index < -0.39 is 0 Å². The molecule has 1 heterocycles. The lowest BCUT2D eigenvalue weighted by Crippen LogP contribution is -2.39. The lowest BCUT2D eigenvalue weighted by molar-refractivity contribution is 0.206. The molecule has 0 bridgehead atoms. The number of fused-ring (bicyclic) bond motifs is 1. The Bertz CT molecular complexity index is 625. The van der Waals surface area contributed by atoms with Crippen molar-refractivity contribution in [1.29, 1.82) is 0 Å². The van der Waals surface area contributed by atoms with E-state index in [-0.39, 0.29) is 6.03 Å². The molecule has 2 amide bonds. The number of amides is 2. The van der Waals surface area contributed by atoms with Gasteiger partial charge in [0.15, 0.2) is 0 Å². The summed E-state index contributed by atoms with van der Waals surface area (Å²) >= 11 is 0. The molecule has 0 saturated heterocycles. The number of anilines is 2. The van der Waals surface area contributed by atoms with Crippen LogP contribution in [-0.2, 0) is 13.0 Å². The van der Waals surface area contributed by atoms with E-state index in [2.05, 4.69) is 11.4 Å². The highest BCUT2D eigenvalue weighted by atomic mass is 16.2. The minimum Gasteiger partial charge on any atom is -0.398 e. The first kappa shape index (κ1) is 12.5. The first-order valence-corrected chi connectivity index (χ1v) is 6.71. The quantitative estimate of drug-likeness (QED) is 0.780. The number of hydrogen-bond acceptors (Lipinski definition) is 2. The van der Waals surface area contributed by atoms with Crippen LogP contribution in [0.3, 0.4) is 0 Å². The molecule has 102 valence electrons. The van der Waals surface area contributed by atoms with Gasteiger partial charge < -0.3 is 16.0 Å². The molecule has 2 aromatic rings. The maximum atomic E-state index is 12.3. The minimum atomic E-state index is -0.0786. The lowest BCUT2D eigenvalue weighted by Gasteiger charge is -2.29. The number of carbonyl (C=O) groups excluding carboxylic acids is 1.